The van der Waals surface area contributed by atoms with Crippen LogP contribution in [0, 0.1) is 11.7 Å². The first kappa shape index (κ1) is 14.3. The van der Waals surface area contributed by atoms with E-state index in [2.05, 4.69) is 11.8 Å². The van der Waals surface area contributed by atoms with Crippen LogP contribution in [-0.2, 0) is 6.54 Å². The van der Waals surface area contributed by atoms with Gasteiger partial charge in [0.15, 0.2) is 0 Å². The van der Waals surface area contributed by atoms with Crippen molar-refractivity contribution in [3.63, 3.8) is 0 Å². The van der Waals surface area contributed by atoms with E-state index in [-0.39, 0.29) is 11.7 Å². The first-order chi connectivity index (χ1) is 8.92. The van der Waals surface area contributed by atoms with Gasteiger partial charge in [0.05, 0.1) is 12.7 Å². The van der Waals surface area contributed by atoms with Crippen molar-refractivity contribution >= 4 is 0 Å². The van der Waals surface area contributed by atoms with E-state index >= 15 is 0 Å². The molecular weight excluding hydrogens is 245 g/mol. The molecule has 2 atom stereocenters. The molecule has 2 rings (SSSR count). The number of halogens is 1. The Hall–Kier alpha value is -1.13. The Labute approximate surface area is 114 Å². The van der Waals surface area contributed by atoms with Gasteiger partial charge in [-0.25, -0.2) is 4.39 Å². The Balaban J connectivity index is 2.08. The third-order valence-corrected chi connectivity index (χ3v) is 4.16. The van der Waals surface area contributed by atoms with Gasteiger partial charge in [-0.15, -0.1) is 0 Å². The van der Waals surface area contributed by atoms with Gasteiger partial charge >= 0.3 is 0 Å². The number of hydrogen-bond acceptors (Lipinski definition) is 3. The fourth-order valence-electron chi connectivity index (χ4n) is 2.56. The average molecular weight is 267 g/mol. The summed E-state index contributed by atoms with van der Waals surface area (Å²) in [4.78, 5) is 2.24. The molecule has 1 N–H and O–H groups in total. The number of aliphatic hydroxyl groups is 1. The van der Waals surface area contributed by atoms with Crippen LogP contribution in [0.25, 0.3) is 0 Å². The van der Waals surface area contributed by atoms with E-state index in [0.717, 1.165) is 25.1 Å². The van der Waals surface area contributed by atoms with Crippen LogP contribution in [-0.4, -0.2) is 35.8 Å². The lowest BCUT2D eigenvalue weighted by molar-refractivity contribution is -0.0525. The topological polar surface area (TPSA) is 32.7 Å². The Kier molecular flexibility index (Phi) is 4.11. The number of likely N-dealkylation sites (tertiary alicyclic amines) is 1. The smallest absolute Gasteiger partial charge is 0.123 e. The minimum atomic E-state index is -0.595. The monoisotopic (exact) mass is 267 g/mol. The Morgan fingerprint density at radius 2 is 2.26 bits per heavy atom. The third kappa shape index (κ3) is 3.25. The first-order valence-corrected chi connectivity index (χ1v) is 6.69. The van der Waals surface area contributed by atoms with Gasteiger partial charge in [-0.1, -0.05) is 6.92 Å². The molecule has 1 aliphatic rings. The zero-order valence-electron chi connectivity index (χ0n) is 11.8. The molecule has 19 heavy (non-hydrogen) atoms. The van der Waals surface area contributed by atoms with E-state index in [4.69, 9.17) is 4.74 Å². The number of ether oxygens (including phenoxy) is 1. The molecule has 0 bridgehead atoms. The molecule has 0 aromatic heterocycles. The van der Waals surface area contributed by atoms with E-state index in [1.165, 1.54) is 12.1 Å². The van der Waals surface area contributed by atoms with Gasteiger partial charge < -0.3 is 9.84 Å². The van der Waals surface area contributed by atoms with E-state index in [0.29, 0.717) is 12.3 Å². The second-order valence-electron chi connectivity index (χ2n) is 5.70. The molecule has 0 unspecified atom stereocenters. The minimum Gasteiger partial charge on any atom is -0.496 e. The first-order valence-electron chi connectivity index (χ1n) is 6.69. The molecule has 1 fully saturated rings. The van der Waals surface area contributed by atoms with Gasteiger partial charge in [0.2, 0.25) is 0 Å². The summed E-state index contributed by atoms with van der Waals surface area (Å²) in [5, 5.41) is 10.2. The van der Waals surface area contributed by atoms with Gasteiger partial charge in [0, 0.05) is 25.2 Å². The minimum absolute atomic E-state index is 0.209. The van der Waals surface area contributed by atoms with E-state index < -0.39 is 5.60 Å². The summed E-state index contributed by atoms with van der Waals surface area (Å²) in [5.74, 6) is 0.681. The van der Waals surface area contributed by atoms with Crippen molar-refractivity contribution in [1.29, 1.82) is 0 Å². The molecule has 1 aromatic rings. The second-order valence-corrected chi connectivity index (χ2v) is 5.70. The number of hydrogen-bond donors (Lipinski definition) is 1. The predicted octanol–water partition coefficient (Wildman–Crippen LogP) is 2.43. The maximum Gasteiger partial charge on any atom is 0.123 e. The molecule has 0 amide bonds. The fourth-order valence-corrected chi connectivity index (χ4v) is 2.56. The summed E-state index contributed by atoms with van der Waals surface area (Å²) >= 11 is 0. The van der Waals surface area contributed by atoms with Crippen molar-refractivity contribution in [2.75, 3.05) is 20.2 Å². The summed E-state index contributed by atoms with van der Waals surface area (Å²) in [6.45, 7) is 6.22. The normalized spacial score (nSPS) is 28.4. The van der Waals surface area contributed by atoms with Crippen molar-refractivity contribution in [1.82, 2.24) is 4.90 Å². The molecule has 3 nitrogen and oxygen atoms in total. The molecule has 1 aliphatic heterocycles. The number of piperidine rings is 1. The average Bonchev–Trinajstić information content (AvgIpc) is 2.35. The van der Waals surface area contributed by atoms with Crippen LogP contribution in [0.5, 0.6) is 5.75 Å². The predicted molar refractivity (Wildman–Crippen MR) is 72.6 cm³/mol. The standard InChI is InChI=1S/C15H22FNO2/c1-11-9-17(7-6-15(11,2)18)10-12-8-13(16)4-5-14(12)19-3/h4-5,8,11,18H,6-7,9-10H2,1-3H3/t11-,15+/m1/s1. The zero-order valence-corrected chi connectivity index (χ0v) is 11.8. The van der Waals surface area contributed by atoms with E-state index in [9.17, 15) is 9.50 Å². The van der Waals surface area contributed by atoms with Gasteiger partial charge in [-0.05, 0) is 37.5 Å². The van der Waals surface area contributed by atoms with Crippen LogP contribution in [0.3, 0.4) is 0 Å². The molecule has 0 radical (unpaired) electrons. The molecule has 0 saturated carbocycles. The highest BCUT2D eigenvalue weighted by atomic mass is 19.1. The van der Waals surface area contributed by atoms with E-state index in [1.54, 1.807) is 13.2 Å². The molecule has 0 spiro atoms. The molecule has 0 aliphatic carbocycles. The van der Waals surface area contributed by atoms with Gasteiger partial charge in [0.25, 0.3) is 0 Å². The van der Waals surface area contributed by atoms with Crippen molar-refractivity contribution in [2.24, 2.45) is 5.92 Å². The SMILES string of the molecule is COc1ccc(F)cc1CN1CC[C@](C)(O)[C@H](C)C1. The molecule has 1 saturated heterocycles. The summed E-state index contributed by atoms with van der Waals surface area (Å²) < 4.78 is 18.6. The van der Waals surface area contributed by atoms with Gasteiger partial charge in [-0.3, -0.25) is 4.90 Å². The number of rotatable bonds is 3. The molecule has 1 aromatic carbocycles. The number of benzene rings is 1. The highest BCUT2D eigenvalue weighted by molar-refractivity contribution is 5.33. The Morgan fingerprint density at radius 3 is 2.89 bits per heavy atom. The highest BCUT2D eigenvalue weighted by Gasteiger charge is 2.34. The fraction of sp³-hybridized carbons (Fsp3) is 0.600. The third-order valence-electron chi connectivity index (χ3n) is 4.16. The lowest BCUT2D eigenvalue weighted by Crippen LogP contribution is -2.48. The summed E-state index contributed by atoms with van der Waals surface area (Å²) in [6.07, 6.45) is 0.742. The summed E-state index contributed by atoms with van der Waals surface area (Å²) in [7, 11) is 1.60. The van der Waals surface area contributed by atoms with Crippen LogP contribution in [0.2, 0.25) is 0 Å². The molecule has 4 heteroatoms. The number of methoxy groups -OCH3 is 1. The van der Waals surface area contributed by atoms with Crippen LogP contribution in [0.15, 0.2) is 18.2 Å². The van der Waals surface area contributed by atoms with Crippen molar-refractivity contribution in [2.45, 2.75) is 32.4 Å². The van der Waals surface area contributed by atoms with Crippen molar-refractivity contribution in [3.8, 4) is 5.75 Å². The van der Waals surface area contributed by atoms with Gasteiger partial charge in [-0.2, -0.15) is 0 Å². The lowest BCUT2D eigenvalue weighted by Gasteiger charge is -2.41. The largest absolute Gasteiger partial charge is 0.496 e. The molecular formula is C15H22FNO2. The second kappa shape index (κ2) is 5.47. The maximum atomic E-state index is 13.3. The summed E-state index contributed by atoms with van der Waals surface area (Å²) in [5.41, 5.74) is 0.263. The van der Waals surface area contributed by atoms with Crippen molar-refractivity contribution < 1.29 is 14.2 Å². The van der Waals surface area contributed by atoms with E-state index in [1.807, 2.05) is 6.92 Å². The Bertz CT molecular complexity index is 448. The Morgan fingerprint density at radius 1 is 1.53 bits per heavy atom. The van der Waals surface area contributed by atoms with Crippen molar-refractivity contribution in [3.05, 3.63) is 29.6 Å². The maximum absolute atomic E-state index is 13.3. The highest BCUT2D eigenvalue weighted by Crippen LogP contribution is 2.29. The van der Waals surface area contributed by atoms with Crippen LogP contribution in [0.4, 0.5) is 4.39 Å². The summed E-state index contributed by atoms with van der Waals surface area (Å²) in [6, 6.07) is 4.59. The quantitative estimate of drug-likeness (QED) is 0.913. The molecule has 1 heterocycles. The molecule has 106 valence electrons. The van der Waals surface area contributed by atoms with Crippen LogP contribution >= 0.6 is 0 Å². The lowest BCUT2D eigenvalue weighted by atomic mass is 9.84. The zero-order chi connectivity index (χ0) is 14.0. The van der Waals surface area contributed by atoms with Crippen LogP contribution in [0.1, 0.15) is 25.8 Å². The number of nitrogens with zero attached hydrogens (tertiary/aromatic N) is 1. The van der Waals surface area contributed by atoms with Crippen LogP contribution < -0.4 is 4.74 Å². The van der Waals surface area contributed by atoms with Gasteiger partial charge in [0.1, 0.15) is 11.6 Å².